The zero-order valence-electron chi connectivity index (χ0n) is 16.7. The number of amides is 2. The number of carbonyl (C=O) groups excluding carboxylic acids is 2. The summed E-state index contributed by atoms with van der Waals surface area (Å²) in [6, 6.07) is 14.9. The molecule has 0 spiro atoms. The Bertz CT molecular complexity index is 1110. The zero-order chi connectivity index (χ0) is 21.7. The Morgan fingerprint density at radius 3 is 2.60 bits per heavy atom. The number of carbonyl (C=O) groups is 2. The third kappa shape index (κ3) is 5.34. The van der Waals surface area contributed by atoms with E-state index in [2.05, 4.69) is 15.5 Å². The molecule has 2 N–H and O–H groups in total. The van der Waals surface area contributed by atoms with Gasteiger partial charge in [-0.1, -0.05) is 53.6 Å². The Kier molecular flexibility index (Phi) is 7.02. The number of H-pyrrole nitrogens is 1. The third-order valence-electron chi connectivity index (χ3n) is 4.57. The quantitative estimate of drug-likeness (QED) is 0.539. The number of nitrogens with one attached hydrogen (secondary N) is 2. The molecule has 0 bridgehead atoms. The van der Waals surface area contributed by atoms with Crippen LogP contribution in [-0.4, -0.2) is 45.1 Å². The van der Waals surface area contributed by atoms with Crippen LogP contribution in [0.4, 0.5) is 5.69 Å². The number of likely N-dealkylation sites (N-methyl/N-ethyl adjacent to an activating group) is 1. The minimum atomic E-state index is -0.320. The number of aromatic nitrogens is 3. The number of halogens is 1. The van der Waals surface area contributed by atoms with Crippen molar-refractivity contribution in [3.63, 3.8) is 0 Å². The molecule has 156 valence electrons. The predicted octanol–water partition coefficient (Wildman–Crippen LogP) is 4.06. The van der Waals surface area contributed by atoms with Crippen LogP contribution in [0.1, 0.15) is 12.0 Å². The molecule has 30 heavy (non-hydrogen) atoms. The molecule has 0 aliphatic heterocycles. The van der Waals surface area contributed by atoms with Crippen LogP contribution < -0.4 is 5.32 Å². The van der Waals surface area contributed by atoms with Gasteiger partial charge in [0.25, 0.3) is 0 Å². The van der Waals surface area contributed by atoms with Gasteiger partial charge in [-0.25, -0.2) is 0 Å². The largest absolute Gasteiger partial charge is 0.336 e. The predicted molar refractivity (Wildman–Crippen MR) is 120 cm³/mol. The summed E-state index contributed by atoms with van der Waals surface area (Å²) in [4.78, 5) is 26.1. The Balaban J connectivity index is 1.60. The molecular weight excluding hydrogens is 422 g/mol. The highest BCUT2D eigenvalue weighted by atomic mass is 35.5. The van der Waals surface area contributed by atoms with Crippen molar-refractivity contribution in [1.82, 2.24) is 19.7 Å². The molecule has 0 atom stereocenters. The van der Waals surface area contributed by atoms with E-state index < -0.39 is 0 Å². The van der Waals surface area contributed by atoms with E-state index >= 15 is 0 Å². The molecule has 0 radical (unpaired) electrons. The van der Waals surface area contributed by atoms with Crippen molar-refractivity contribution in [2.75, 3.05) is 18.9 Å². The molecule has 0 unspecified atom stereocenters. The van der Waals surface area contributed by atoms with Crippen molar-refractivity contribution < 1.29 is 9.59 Å². The van der Waals surface area contributed by atoms with Gasteiger partial charge in [0.15, 0.2) is 10.6 Å². The first kappa shape index (κ1) is 21.7. The maximum atomic E-state index is 12.5. The van der Waals surface area contributed by atoms with E-state index in [0.717, 1.165) is 11.1 Å². The van der Waals surface area contributed by atoms with Crippen molar-refractivity contribution in [2.45, 2.75) is 19.9 Å². The lowest BCUT2D eigenvalue weighted by molar-refractivity contribution is -0.133. The van der Waals surface area contributed by atoms with Crippen LogP contribution in [0.3, 0.4) is 0 Å². The summed E-state index contributed by atoms with van der Waals surface area (Å²) in [5.41, 5.74) is 2.57. The molecule has 3 aromatic rings. The molecule has 0 saturated carbocycles. The number of anilines is 1. The van der Waals surface area contributed by atoms with Crippen molar-refractivity contribution in [3.8, 4) is 11.4 Å². The molecule has 0 aliphatic carbocycles. The highest BCUT2D eigenvalue weighted by molar-refractivity contribution is 7.71. The van der Waals surface area contributed by atoms with E-state index in [-0.39, 0.29) is 24.8 Å². The van der Waals surface area contributed by atoms with Gasteiger partial charge < -0.3 is 10.2 Å². The van der Waals surface area contributed by atoms with Crippen LogP contribution in [0.2, 0.25) is 5.02 Å². The van der Waals surface area contributed by atoms with E-state index in [9.17, 15) is 9.59 Å². The number of nitrogens with zero attached hydrogens (tertiary/aromatic N) is 3. The summed E-state index contributed by atoms with van der Waals surface area (Å²) in [6.07, 6.45) is 0.183. The molecule has 3 rings (SSSR count). The average molecular weight is 444 g/mol. The van der Waals surface area contributed by atoms with Crippen LogP contribution in [0.25, 0.3) is 11.4 Å². The maximum Gasteiger partial charge on any atom is 0.244 e. The van der Waals surface area contributed by atoms with E-state index in [4.69, 9.17) is 23.8 Å². The lowest BCUT2D eigenvalue weighted by Gasteiger charge is -2.17. The van der Waals surface area contributed by atoms with E-state index in [1.54, 1.807) is 35.9 Å². The van der Waals surface area contributed by atoms with Gasteiger partial charge in [0.1, 0.15) is 0 Å². The lowest BCUT2D eigenvalue weighted by atomic mass is 10.1. The van der Waals surface area contributed by atoms with Crippen LogP contribution in [0.15, 0.2) is 48.5 Å². The van der Waals surface area contributed by atoms with Gasteiger partial charge in [-0.3, -0.25) is 19.3 Å². The molecule has 1 heterocycles. The van der Waals surface area contributed by atoms with Gasteiger partial charge in [-0.05, 0) is 31.3 Å². The number of hydrogen-bond acceptors (Lipinski definition) is 4. The summed E-state index contributed by atoms with van der Waals surface area (Å²) in [5.74, 6) is 0.174. The first-order valence-corrected chi connectivity index (χ1v) is 10.1. The van der Waals surface area contributed by atoms with Gasteiger partial charge in [0.05, 0.1) is 17.3 Å². The van der Waals surface area contributed by atoms with Gasteiger partial charge in [-0.2, -0.15) is 5.10 Å². The summed E-state index contributed by atoms with van der Waals surface area (Å²) in [5, 5.41) is 10.2. The molecule has 1 aromatic heterocycles. The number of hydrogen-bond donors (Lipinski definition) is 2. The fourth-order valence-corrected chi connectivity index (χ4v) is 3.31. The molecular formula is C21H22ClN5O2S. The highest BCUT2D eigenvalue weighted by Gasteiger charge is 2.16. The lowest BCUT2D eigenvalue weighted by Crippen LogP contribution is -2.35. The summed E-state index contributed by atoms with van der Waals surface area (Å²) in [7, 11) is 1.59. The fourth-order valence-electron chi connectivity index (χ4n) is 2.90. The smallest absolute Gasteiger partial charge is 0.244 e. The number of aromatic amines is 1. The monoisotopic (exact) mass is 443 g/mol. The van der Waals surface area contributed by atoms with Crippen molar-refractivity contribution >= 4 is 41.3 Å². The Morgan fingerprint density at radius 1 is 1.20 bits per heavy atom. The summed E-state index contributed by atoms with van der Waals surface area (Å²) in [6.45, 7) is 2.29. The van der Waals surface area contributed by atoms with Gasteiger partial charge in [0, 0.05) is 25.6 Å². The van der Waals surface area contributed by atoms with Gasteiger partial charge >= 0.3 is 0 Å². The van der Waals surface area contributed by atoms with E-state index in [0.29, 0.717) is 27.9 Å². The SMILES string of the molecule is Cc1ccc(-c2n[nH]c(=S)n2CCC(=O)N(C)CC(=O)Nc2ccccc2Cl)cc1. The number of para-hydroxylation sites is 1. The van der Waals surface area contributed by atoms with Crippen molar-refractivity contribution in [1.29, 1.82) is 0 Å². The molecule has 0 fully saturated rings. The molecule has 2 amide bonds. The Hall–Kier alpha value is -2.97. The highest BCUT2D eigenvalue weighted by Crippen LogP contribution is 2.20. The third-order valence-corrected chi connectivity index (χ3v) is 5.21. The number of benzene rings is 2. The van der Waals surface area contributed by atoms with E-state index in [1.165, 1.54) is 4.90 Å². The van der Waals surface area contributed by atoms with Gasteiger partial charge in [0.2, 0.25) is 11.8 Å². The Morgan fingerprint density at radius 2 is 1.90 bits per heavy atom. The minimum absolute atomic E-state index is 0.0777. The second kappa shape index (κ2) is 9.69. The normalized spacial score (nSPS) is 10.6. The molecule has 0 saturated heterocycles. The summed E-state index contributed by atoms with van der Waals surface area (Å²) >= 11 is 11.4. The molecule has 0 aliphatic rings. The molecule has 2 aromatic carbocycles. The van der Waals surface area contributed by atoms with E-state index in [1.807, 2.05) is 31.2 Å². The average Bonchev–Trinajstić information content (AvgIpc) is 3.08. The number of aryl methyl sites for hydroxylation is 1. The molecule has 9 heteroatoms. The number of rotatable bonds is 7. The second-order valence-electron chi connectivity index (χ2n) is 6.90. The summed E-state index contributed by atoms with van der Waals surface area (Å²) < 4.78 is 2.23. The first-order valence-electron chi connectivity index (χ1n) is 9.35. The van der Waals surface area contributed by atoms with Crippen LogP contribution in [0.5, 0.6) is 0 Å². The topological polar surface area (TPSA) is 83.0 Å². The standard InChI is InChI=1S/C21H22ClN5O2S/c1-14-7-9-15(10-8-14)20-24-25-21(30)27(20)12-11-19(29)26(2)13-18(28)23-17-6-4-3-5-16(17)22/h3-10H,11-13H2,1-2H3,(H,23,28)(H,25,30). The van der Waals surface area contributed by atoms with Crippen LogP contribution in [0, 0.1) is 11.7 Å². The van der Waals surface area contributed by atoms with Gasteiger partial charge in [-0.15, -0.1) is 0 Å². The maximum absolute atomic E-state index is 12.5. The molecule has 7 nitrogen and oxygen atoms in total. The first-order chi connectivity index (χ1) is 14.3. The second-order valence-corrected chi connectivity index (χ2v) is 7.69. The Labute approximate surface area is 184 Å². The van der Waals surface area contributed by atoms with Crippen molar-refractivity contribution in [3.05, 3.63) is 63.9 Å². The zero-order valence-corrected chi connectivity index (χ0v) is 18.3. The van der Waals surface area contributed by atoms with Crippen LogP contribution >= 0.6 is 23.8 Å². The van der Waals surface area contributed by atoms with Crippen LogP contribution in [-0.2, 0) is 16.1 Å². The minimum Gasteiger partial charge on any atom is -0.336 e. The fraction of sp³-hybridized carbons (Fsp3) is 0.238. The van der Waals surface area contributed by atoms with Crippen molar-refractivity contribution in [2.24, 2.45) is 0 Å².